The first-order chi connectivity index (χ1) is 69.1. The van der Waals surface area contributed by atoms with E-state index in [1.807, 2.05) is 27.7 Å². The first kappa shape index (κ1) is 112. The number of amides is 4. The summed E-state index contributed by atoms with van der Waals surface area (Å²) < 4.78 is 135. The van der Waals surface area contributed by atoms with Crippen LogP contribution in [0.15, 0.2) is 230 Å². The molecule has 766 valence electrons. The second-order valence-electron chi connectivity index (χ2n) is 34.9. The summed E-state index contributed by atoms with van der Waals surface area (Å²) in [5, 5.41) is 58.2. The van der Waals surface area contributed by atoms with Crippen molar-refractivity contribution in [2.45, 2.75) is 168 Å². The molecule has 4 amide bonds. The third-order valence-corrected chi connectivity index (χ3v) is 23.2. The van der Waals surface area contributed by atoms with E-state index in [1.165, 1.54) is 49.1 Å². The van der Waals surface area contributed by atoms with Gasteiger partial charge in [-0.2, -0.15) is 0 Å². The minimum atomic E-state index is -9.96. The molecule has 0 spiro atoms. The number of nitrogens with one attached hydrogen (secondary N) is 8. The van der Waals surface area contributed by atoms with Crippen molar-refractivity contribution in [3.05, 3.63) is 322 Å². The molecule has 5 heterocycles. The van der Waals surface area contributed by atoms with Crippen LogP contribution in [0.5, 0.6) is 0 Å². The first-order valence-corrected chi connectivity index (χ1v) is 48.0. The molecule has 2 atom stereocenters. The largest absolute Gasteiger partial charge is 0.481 e. The van der Waals surface area contributed by atoms with Crippen LogP contribution >= 0.6 is 10.2 Å². The van der Waals surface area contributed by atoms with Crippen molar-refractivity contribution in [2.75, 3.05) is 42.5 Å². The predicted octanol–water partition coefficient (Wildman–Crippen LogP) is 23.6. The predicted molar refractivity (Wildman–Crippen MR) is 532 cm³/mol. The number of carboxylic acid groups (broad SMARTS) is 4. The maximum absolute atomic E-state index is 13.7. The van der Waals surface area contributed by atoms with Gasteiger partial charge in [0.25, 0.3) is 23.6 Å². The van der Waals surface area contributed by atoms with E-state index in [0.29, 0.717) is 109 Å². The summed E-state index contributed by atoms with van der Waals surface area (Å²) in [6.07, 6.45) is 13.6. The second kappa shape index (κ2) is 50.0. The summed E-state index contributed by atoms with van der Waals surface area (Å²) in [4.78, 5) is 163. The van der Waals surface area contributed by atoms with E-state index in [4.69, 9.17) is 15.3 Å². The van der Waals surface area contributed by atoms with Crippen LogP contribution in [0.1, 0.15) is 205 Å². The second-order valence-corrected chi connectivity index (χ2v) is 37.3. The number of aliphatic carboxylic acids is 4. The molecule has 1 aliphatic rings. The van der Waals surface area contributed by atoms with Crippen molar-refractivity contribution in [2.24, 2.45) is 11.3 Å². The van der Waals surface area contributed by atoms with Crippen LogP contribution in [0.3, 0.4) is 0 Å². The minimum absolute atomic E-state index is 0.00848. The molecule has 12 N–H and O–H groups in total. The SMILES string of the molecule is CCCC(=O)Cc1cc(Nc2cc(F)cc(F)c2)c(C(=O)Nc2ccc(C3CC3C(=O)O)cc2)cn1.CCCC(=O)Cc1cc(Nc2cc(F)cc(F)c2)c(C(=O)Nc2ccc(CC(C)(C)C(=O)O)cc2)cn1.CCCC(=O)Cc1cc(Nc2cccc(S(F)(F)(F)(F)F)c2)c(C(=O)Nc2ccc(CCC(=O)O)cc2)cn1.CCCC(=O)Cc1cc(Nc2cncc(F)c2)c(C(=O)Nc2ccc(CCC(=O)O)cc2)cn1. The number of aromatic nitrogens is 5. The van der Waals surface area contributed by atoms with Gasteiger partial charge in [-0.05, 0) is 209 Å². The number of ketones is 4. The average Bonchev–Trinajstić information content (AvgIpc) is 0.890. The molecule has 0 bridgehead atoms. The van der Waals surface area contributed by atoms with E-state index in [1.54, 1.807) is 117 Å². The van der Waals surface area contributed by atoms with Crippen molar-refractivity contribution in [3.8, 4) is 0 Å². The third kappa shape index (κ3) is 35.3. The number of rotatable bonds is 44. The van der Waals surface area contributed by atoms with E-state index >= 15 is 0 Å². The van der Waals surface area contributed by atoms with Crippen molar-refractivity contribution in [3.63, 3.8) is 0 Å². The topological polar surface area (TPSA) is 446 Å². The molecule has 2 unspecified atom stereocenters. The first-order valence-electron chi connectivity index (χ1n) is 46.1. The monoisotopic (exact) mass is 2040 g/mol. The van der Waals surface area contributed by atoms with Crippen LogP contribution in [0, 0.1) is 40.4 Å². The van der Waals surface area contributed by atoms with Gasteiger partial charge < -0.3 is 63.0 Å². The lowest BCUT2D eigenvalue weighted by Crippen LogP contribution is -2.26. The number of hydrogen-bond donors (Lipinski definition) is 12. The van der Waals surface area contributed by atoms with Crippen LogP contribution in [0.25, 0.3) is 0 Å². The Bertz CT molecular complexity index is 6780. The Labute approximate surface area is 832 Å². The Morgan fingerprint density at radius 1 is 0.349 bits per heavy atom. The van der Waals surface area contributed by atoms with Gasteiger partial charge >= 0.3 is 34.1 Å². The van der Waals surface area contributed by atoms with Gasteiger partial charge in [0.15, 0.2) is 0 Å². The number of carboxylic acids is 4. The molecule has 1 saturated carbocycles. The minimum Gasteiger partial charge on any atom is -0.481 e. The smallest absolute Gasteiger partial charge is 0.310 e. The molecular weight excluding hydrogens is 1930 g/mol. The van der Waals surface area contributed by atoms with E-state index in [0.717, 1.165) is 89.6 Å². The van der Waals surface area contributed by atoms with Crippen LogP contribution in [-0.2, 0) is 83.3 Å². The number of aryl methyl sites for hydroxylation is 2. The van der Waals surface area contributed by atoms with Crippen LogP contribution in [0.2, 0.25) is 0 Å². The molecule has 1 fully saturated rings. The molecular formula is C106H105F10N13O16S. The van der Waals surface area contributed by atoms with Gasteiger partial charge in [0.1, 0.15) is 57.1 Å². The van der Waals surface area contributed by atoms with Crippen molar-refractivity contribution >= 4 is 149 Å². The number of carbonyl (C=O) groups is 12. The highest BCUT2D eigenvalue weighted by atomic mass is 32.5. The maximum atomic E-state index is 13.7. The summed E-state index contributed by atoms with van der Waals surface area (Å²) in [6, 6.07) is 42.4. The van der Waals surface area contributed by atoms with Crippen molar-refractivity contribution in [1.29, 1.82) is 0 Å². The number of hydrogen-bond acceptors (Lipinski definition) is 21. The molecule has 5 aromatic heterocycles. The molecule has 40 heteroatoms. The van der Waals surface area contributed by atoms with Gasteiger partial charge in [0, 0.05) is 170 Å². The lowest BCUT2D eigenvalue weighted by atomic mass is 9.86. The van der Waals surface area contributed by atoms with E-state index < -0.39 is 97.1 Å². The summed E-state index contributed by atoms with van der Waals surface area (Å²) in [6.45, 7) is 10.8. The number of nitrogens with zero attached hydrogens (tertiary/aromatic N) is 5. The van der Waals surface area contributed by atoms with Crippen LogP contribution < -0.4 is 42.5 Å². The number of pyridine rings is 5. The highest BCUT2D eigenvalue weighted by Gasteiger charge is 2.65. The zero-order chi connectivity index (χ0) is 106. The lowest BCUT2D eigenvalue weighted by molar-refractivity contribution is -0.147. The molecule has 1 aliphatic carbocycles. The van der Waals surface area contributed by atoms with Crippen molar-refractivity contribution in [1.82, 2.24) is 24.9 Å². The zero-order valence-corrected chi connectivity index (χ0v) is 80.7. The summed E-state index contributed by atoms with van der Waals surface area (Å²) in [7, 11) is -9.96. The average molecular weight is 2040 g/mol. The number of halogens is 10. The molecule has 13 rings (SSSR count). The van der Waals surface area contributed by atoms with E-state index in [2.05, 4.69) is 67.5 Å². The molecule has 29 nitrogen and oxygen atoms in total. The van der Waals surface area contributed by atoms with Gasteiger partial charge in [-0.15, -0.1) is 0 Å². The lowest BCUT2D eigenvalue weighted by Gasteiger charge is -2.40. The Balaban J connectivity index is 0.000000200. The standard InChI is InChI=1S/C28H29F2N3O4.C27H25F2N3O4.C26H26F5N3O4S.C25H25FN4O4/c1-4-5-23(34)13-21-14-25(32-22-11-18(29)10-19(30)12-22)24(16-31-21)26(35)33-20-8-6-17(7-9-20)15-28(2,3)27(36)37;1-2-3-21(33)11-19-12-25(31-20-9-16(28)8-17(29)10-20)24(14-30-19)26(34)32-18-6-4-15(5-7-18)22-13-23(22)27(35)36;1-2-4-21(35)13-20-15-24(33-19-5-3-6-22(14-19)39(27,28,29,30)31)23(16-32-20)26(38)34-18-10-7-17(8-11-18)9-12-25(36)37;1-2-3-21(31)11-19-12-23(29-20-10-17(26)13-27-14-20)22(15-28-19)25(34)30-18-7-4-16(5-8-18)6-9-24(32)33/h6-12,14,16H,4-5,13,15H2,1-3H3,(H,31,32)(H,33,35)(H,36,37);4-10,12,14,22-23H,2-3,11,13H2,1H3,(H,30,31)(H,32,34)(H,35,36);3,5-8,10-11,14-16H,2,4,9,12-13H2,1H3,(H,32,33)(H,34,38)(H,36,37);4-5,7-8,10,12-15H,2-3,6,9,11H2,1H3,(H,28,29)(H,30,34)(H,32,33). The fraction of sp³-hybridized carbons (Fsp3) is 0.255. The number of benzene rings is 7. The summed E-state index contributed by atoms with van der Waals surface area (Å²) in [5.74, 6) is -9.96. The maximum Gasteiger partial charge on any atom is 0.310 e. The van der Waals surface area contributed by atoms with Gasteiger partial charge in [0.2, 0.25) is 0 Å². The quantitative estimate of drug-likeness (QED) is 0.0158. The normalized spacial score (nSPS) is 12.8. The highest BCUT2D eigenvalue weighted by molar-refractivity contribution is 8.45. The number of anilines is 12. The molecule has 12 aromatic rings. The number of Topliss-reactive ketones (excluding diaryl/α,β-unsaturated/α-hetero) is 4. The Morgan fingerprint density at radius 3 is 0.966 bits per heavy atom. The Morgan fingerprint density at radius 2 is 0.664 bits per heavy atom. The number of carbonyl (C=O) groups excluding carboxylic acids is 8. The fourth-order valence-electron chi connectivity index (χ4n) is 14.7. The zero-order valence-electron chi connectivity index (χ0n) is 79.9. The van der Waals surface area contributed by atoms with Crippen molar-refractivity contribution < 1.29 is 119 Å². The fourth-order valence-corrected chi connectivity index (χ4v) is 15.4. The van der Waals surface area contributed by atoms with Crippen LogP contribution in [-0.4, -0.2) is 116 Å². The Hall–Kier alpha value is -16.4. The molecule has 0 aliphatic heterocycles. The van der Waals surface area contributed by atoms with Gasteiger partial charge in [-0.25, -0.2) is 22.0 Å². The summed E-state index contributed by atoms with van der Waals surface area (Å²) in [5.41, 5.74) is 6.96. The third-order valence-electron chi connectivity index (χ3n) is 22.1. The Kier molecular flexibility index (Phi) is 38.2. The molecule has 0 saturated heterocycles. The van der Waals surface area contributed by atoms with Gasteiger partial charge in [-0.3, -0.25) is 82.5 Å². The van der Waals surface area contributed by atoms with E-state index in [-0.39, 0.29) is 161 Å². The van der Waals surface area contributed by atoms with Crippen LogP contribution in [0.4, 0.5) is 110 Å². The summed E-state index contributed by atoms with van der Waals surface area (Å²) >= 11 is 0. The highest BCUT2D eigenvalue weighted by Crippen LogP contribution is 3.02. The van der Waals surface area contributed by atoms with Gasteiger partial charge in [-0.1, -0.05) is 102 Å². The van der Waals surface area contributed by atoms with E-state index in [9.17, 15) is 104 Å². The molecule has 7 aromatic carbocycles. The molecule has 146 heavy (non-hydrogen) atoms. The molecule has 0 radical (unpaired) electrons. The van der Waals surface area contributed by atoms with Gasteiger partial charge in [0.05, 0.1) is 74.4 Å².